The number of nitrogens with zero attached hydrogens (tertiary/aromatic N) is 3. The van der Waals surface area contributed by atoms with Crippen LogP contribution in [0.5, 0.6) is 17.2 Å². The van der Waals surface area contributed by atoms with Gasteiger partial charge in [-0.25, -0.2) is 0 Å². The minimum Gasteiger partial charge on any atom is -0.493 e. The average molecular weight is 609 g/mol. The van der Waals surface area contributed by atoms with Crippen LogP contribution in [0.2, 0.25) is 0 Å². The molecule has 0 aliphatic carbocycles. The van der Waals surface area contributed by atoms with Crippen molar-refractivity contribution in [1.82, 2.24) is 9.80 Å². The number of benzene rings is 2. The molecule has 2 fully saturated rings. The Kier molecular flexibility index (Phi) is 10.3. The molecule has 5 rings (SSSR count). The molecule has 11 nitrogen and oxygen atoms in total. The van der Waals surface area contributed by atoms with Crippen LogP contribution >= 0.6 is 0 Å². The van der Waals surface area contributed by atoms with Gasteiger partial charge in [-0.2, -0.15) is 0 Å². The number of unbranched alkanes of at least 4 members (excludes halogenated alkanes) is 1. The van der Waals surface area contributed by atoms with Crippen molar-refractivity contribution in [1.29, 1.82) is 0 Å². The second-order valence-corrected chi connectivity index (χ2v) is 11.8. The van der Waals surface area contributed by atoms with E-state index in [0.29, 0.717) is 62.7 Å². The second kappa shape index (κ2) is 14.3. The van der Waals surface area contributed by atoms with Crippen molar-refractivity contribution < 1.29 is 33.7 Å². The Morgan fingerprint density at radius 1 is 1.18 bits per heavy atom. The molecular formula is C33H44N4O7. The predicted octanol–water partition coefficient (Wildman–Crippen LogP) is 3.59. The first-order valence-electron chi connectivity index (χ1n) is 15.7. The summed E-state index contributed by atoms with van der Waals surface area (Å²) in [7, 11) is 1.54. The molecule has 2 amide bonds. The minimum absolute atomic E-state index is 0.0690. The van der Waals surface area contributed by atoms with E-state index in [1.807, 2.05) is 46.2 Å². The molecule has 2 aromatic carbocycles. The van der Waals surface area contributed by atoms with Gasteiger partial charge in [-0.3, -0.25) is 19.3 Å². The smallest absolute Gasteiger partial charge is 0.308 e. The third kappa shape index (κ3) is 6.78. The highest BCUT2D eigenvalue weighted by Gasteiger charge is 2.47. The summed E-state index contributed by atoms with van der Waals surface area (Å²) in [4.78, 5) is 44.9. The molecule has 2 aromatic rings. The zero-order chi connectivity index (χ0) is 31.2. The van der Waals surface area contributed by atoms with Gasteiger partial charge in [-0.1, -0.05) is 25.5 Å². The van der Waals surface area contributed by atoms with Gasteiger partial charge in [0.05, 0.1) is 19.6 Å². The van der Waals surface area contributed by atoms with Crippen LogP contribution < -0.4 is 24.8 Å². The monoisotopic (exact) mass is 608 g/mol. The number of hydrogen-bond acceptors (Lipinski definition) is 8. The number of anilines is 1. The fraction of sp³-hybridized carbons (Fsp3) is 0.545. The Morgan fingerprint density at radius 3 is 2.73 bits per heavy atom. The van der Waals surface area contributed by atoms with Gasteiger partial charge < -0.3 is 34.9 Å². The number of carboxylic acid groups (broad SMARTS) is 1. The number of ether oxygens (including phenoxy) is 3. The van der Waals surface area contributed by atoms with Gasteiger partial charge in [-0.15, -0.1) is 0 Å². The number of methoxy groups -OCH3 is 1. The molecule has 0 bridgehead atoms. The van der Waals surface area contributed by atoms with E-state index >= 15 is 0 Å². The van der Waals surface area contributed by atoms with Crippen LogP contribution in [-0.2, 0) is 20.9 Å². The third-order valence-corrected chi connectivity index (χ3v) is 9.07. The quantitative estimate of drug-likeness (QED) is 0.330. The average Bonchev–Trinajstić information content (AvgIpc) is 3.76. The van der Waals surface area contributed by atoms with E-state index in [0.717, 1.165) is 42.6 Å². The van der Waals surface area contributed by atoms with Crippen molar-refractivity contribution in [2.45, 2.75) is 64.0 Å². The molecule has 0 radical (unpaired) electrons. The molecule has 3 atom stereocenters. The van der Waals surface area contributed by atoms with E-state index in [2.05, 4.69) is 6.92 Å². The lowest BCUT2D eigenvalue weighted by Gasteiger charge is -2.30. The molecule has 3 heterocycles. The van der Waals surface area contributed by atoms with Crippen LogP contribution in [-0.4, -0.2) is 85.4 Å². The van der Waals surface area contributed by atoms with E-state index in [9.17, 15) is 19.5 Å². The first kappa shape index (κ1) is 31.6. The maximum Gasteiger partial charge on any atom is 0.308 e. The Bertz CT molecular complexity index is 1350. The molecule has 3 N–H and O–H groups in total. The van der Waals surface area contributed by atoms with Gasteiger partial charge in [0.1, 0.15) is 0 Å². The number of nitrogens with two attached hydrogens (primary N) is 1. The topological polar surface area (TPSA) is 135 Å². The van der Waals surface area contributed by atoms with Crippen LogP contribution in [0.15, 0.2) is 36.4 Å². The standard InChI is InChI=1S/C33H44N4O7/c1-3-4-14-37(24-9-5-8-22(15-24)18-34)30(39)20-36-19-25(23-16-27(42-2)32-28(17-23)43-21-44-32)31(33(40)41)26(36)10-6-12-35-13-7-11-29(35)38/h5,8-9,15-17,25-26,31H,3-4,6-7,10-14,18-21,34H2,1-2H3,(H,40,41)/t25-,26+,31-/m1/s1. The number of carbonyl (C=O) groups excluding carboxylic acids is 2. The Morgan fingerprint density at radius 2 is 2.02 bits per heavy atom. The Labute approximate surface area is 258 Å². The second-order valence-electron chi connectivity index (χ2n) is 11.8. The van der Waals surface area contributed by atoms with Crippen molar-refractivity contribution in [2.24, 2.45) is 11.7 Å². The number of carboxylic acids is 1. The first-order valence-corrected chi connectivity index (χ1v) is 15.7. The van der Waals surface area contributed by atoms with Gasteiger partial charge in [0.2, 0.25) is 24.4 Å². The van der Waals surface area contributed by atoms with Crippen molar-refractivity contribution in [3.8, 4) is 17.2 Å². The number of fused-ring (bicyclic) bond motifs is 1. The third-order valence-electron chi connectivity index (χ3n) is 9.07. The van der Waals surface area contributed by atoms with Gasteiger partial charge in [0.15, 0.2) is 11.5 Å². The predicted molar refractivity (Wildman–Crippen MR) is 165 cm³/mol. The highest BCUT2D eigenvalue weighted by Crippen LogP contribution is 2.47. The van der Waals surface area contributed by atoms with Gasteiger partial charge in [0, 0.05) is 56.8 Å². The summed E-state index contributed by atoms with van der Waals surface area (Å²) in [5.41, 5.74) is 8.40. The zero-order valence-corrected chi connectivity index (χ0v) is 25.7. The largest absolute Gasteiger partial charge is 0.493 e. The highest BCUT2D eigenvalue weighted by molar-refractivity contribution is 5.95. The van der Waals surface area contributed by atoms with Crippen molar-refractivity contribution in [2.75, 3.05) is 51.5 Å². The lowest BCUT2D eigenvalue weighted by atomic mass is 9.83. The highest BCUT2D eigenvalue weighted by atomic mass is 16.7. The molecular weight excluding hydrogens is 564 g/mol. The van der Waals surface area contributed by atoms with Crippen molar-refractivity contribution in [3.63, 3.8) is 0 Å². The molecule has 0 aromatic heterocycles. The summed E-state index contributed by atoms with van der Waals surface area (Å²) in [6.45, 7) is 4.86. The summed E-state index contributed by atoms with van der Waals surface area (Å²) >= 11 is 0. The van der Waals surface area contributed by atoms with Crippen LogP contribution in [0.25, 0.3) is 0 Å². The van der Waals surface area contributed by atoms with Gasteiger partial charge >= 0.3 is 5.97 Å². The lowest BCUT2D eigenvalue weighted by molar-refractivity contribution is -0.143. The molecule has 0 unspecified atom stereocenters. The number of amides is 2. The molecule has 238 valence electrons. The van der Waals surface area contributed by atoms with Crippen LogP contribution in [0.3, 0.4) is 0 Å². The molecule has 2 saturated heterocycles. The number of aliphatic carboxylic acids is 1. The summed E-state index contributed by atoms with van der Waals surface area (Å²) < 4.78 is 16.8. The number of hydrogen-bond donors (Lipinski definition) is 2. The maximum atomic E-state index is 14.0. The van der Waals surface area contributed by atoms with Crippen LogP contribution in [0, 0.1) is 5.92 Å². The Hall–Kier alpha value is -3.83. The van der Waals surface area contributed by atoms with Crippen LogP contribution in [0.1, 0.15) is 62.5 Å². The fourth-order valence-corrected chi connectivity index (χ4v) is 6.81. The first-order chi connectivity index (χ1) is 21.3. The SMILES string of the molecule is CCCCN(C(=O)CN1C[C@H](c2cc(OC)c3c(c2)OCO3)[C@@H](C(=O)O)[C@@H]1CCCN1CCCC1=O)c1cccc(CN)c1. The molecule has 11 heteroatoms. The summed E-state index contributed by atoms with van der Waals surface area (Å²) in [6.07, 6.45) is 4.38. The van der Waals surface area contributed by atoms with Gasteiger partial charge in [-0.05, 0) is 61.1 Å². The molecule has 3 aliphatic heterocycles. The van der Waals surface area contributed by atoms with Crippen molar-refractivity contribution >= 4 is 23.5 Å². The molecule has 0 saturated carbocycles. The molecule has 3 aliphatic rings. The minimum atomic E-state index is -0.915. The van der Waals surface area contributed by atoms with E-state index in [1.54, 1.807) is 12.0 Å². The normalized spacial score (nSPS) is 21.2. The number of likely N-dealkylation sites (tertiary alicyclic amines) is 2. The van der Waals surface area contributed by atoms with Crippen LogP contribution in [0.4, 0.5) is 5.69 Å². The van der Waals surface area contributed by atoms with Crippen molar-refractivity contribution in [3.05, 3.63) is 47.5 Å². The van der Waals surface area contributed by atoms with E-state index < -0.39 is 23.8 Å². The van der Waals surface area contributed by atoms with E-state index in [4.69, 9.17) is 19.9 Å². The van der Waals surface area contributed by atoms with Gasteiger partial charge in [0.25, 0.3) is 0 Å². The fourth-order valence-electron chi connectivity index (χ4n) is 6.81. The van der Waals surface area contributed by atoms with E-state index in [-0.39, 0.29) is 25.2 Å². The number of rotatable bonds is 14. The lowest BCUT2D eigenvalue weighted by Crippen LogP contribution is -2.45. The molecule has 0 spiro atoms. The summed E-state index contributed by atoms with van der Waals surface area (Å²) in [5, 5.41) is 10.6. The maximum absolute atomic E-state index is 14.0. The Balaban J connectivity index is 1.44. The zero-order valence-electron chi connectivity index (χ0n) is 25.7. The summed E-state index contributed by atoms with van der Waals surface area (Å²) in [5.74, 6) is -0.515. The summed E-state index contributed by atoms with van der Waals surface area (Å²) in [6, 6.07) is 11.0. The van der Waals surface area contributed by atoms with E-state index in [1.165, 1.54) is 0 Å². The number of carbonyl (C=O) groups is 3. The molecule has 44 heavy (non-hydrogen) atoms.